The third kappa shape index (κ3) is 2.79. The zero-order chi connectivity index (χ0) is 11.5. The third-order valence-electron chi connectivity index (χ3n) is 2.90. The van der Waals surface area contributed by atoms with Crippen molar-refractivity contribution in [3.63, 3.8) is 0 Å². The van der Waals surface area contributed by atoms with Gasteiger partial charge in [0, 0.05) is 16.6 Å². The lowest BCUT2D eigenvalue weighted by molar-refractivity contribution is -0.138. The van der Waals surface area contributed by atoms with E-state index in [1.807, 2.05) is 18.7 Å². The van der Waals surface area contributed by atoms with Crippen LogP contribution in [0.4, 0.5) is 0 Å². The number of aliphatic carboxylic acids is 1. The molecule has 0 aliphatic carbocycles. The third-order valence-corrected chi connectivity index (χ3v) is 4.25. The molecule has 1 aromatic rings. The lowest BCUT2D eigenvalue weighted by atomic mass is 9.98. The number of carboxylic acids is 1. The lowest BCUT2D eigenvalue weighted by Crippen LogP contribution is -2.11. The van der Waals surface area contributed by atoms with Crippen molar-refractivity contribution in [3.8, 4) is 0 Å². The van der Waals surface area contributed by atoms with Crippen LogP contribution in [0.1, 0.15) is 25.3 Å². The van der Waals surface area contributed by atoms with Crippen molar-refractivity contribution in [3.05, 3.63) is 29.8 Å². The summed E-state index contributed by atoms with van der Waals surface area (Å²) < 4.78 is 0. The molecule has 0 aromatic heterocycles. The highest BCUT2D eigenvalue weighted by atomic mass is 32.2. The van der Waals surface area contributed by atoms with Crippen molar-refractivity contribution in [1.82, 2.24) is 0 Å². The van der Waals surface area contributed by atoms with Gasteiger partial charge in [-0.3, -0.25) is 4.79 Å². The Morgan fingerprint density at radius 1 is 1.56 bits per heavy atom. The quantitative estimate of drug-likeness (QED) is 0.872. The molecule has 2 nitrogen and oxygen atoms in total. The highest BCUT2D eigenvalue weighted by Crippen LogP contribution is 2.39. The number of hydrogen-bond acceptors (Lipinski definition) is 2. The summed E-state index contributed by atoms with van der Waals surface area (Å²) in [6.07, 6.45) is 2.36. The number of benzene rings is 1. The topological polar surface area (TPSA) is 37.3 Å². The van der Waals surface area contributed by atoms with Crippen molar-refractivity contribution >= 4 is 17.7 Å². The maximum Gasteiger partial charge on any atom is 0.303 e. The Morgan fingerprint density at radius 2 is 2.31 bits per heavy atom. The highest BCUT2D eigenvalue weighted by molar-refractivity contribution is 8.00. The Morgan fingerprint density at radius 3 is 3.00 bits per heavy atom. The van der Waals surface area contributed by atoms with E-state index in [-0.39, 0.29) is 12.3 Å². The summed E-state index contributed by atoms with van der Waals surface area (Å²) >= 11 is 1.90. The van der Waals surface area contributed by atoms with E-state index in [0.29, 0.717) is 5.25 Å². The number of carbonyl (C=O) groups is 1. The molecule has 0 saturated carbocycles. The summed E-state index contributed by atoms with van der Waals surface area (Å²) in [7, 11) is 0. The van der Waals surface area contributed by atoms with Gasteiger partial charge in [-0.15, -0.1) is 11.8 Å². The van der Waals surface area contributed by atoms with Crippen LogP contribution in [0, 0.1) is 5.92 Å². The van der Waals surface area contributed by atoms with Crippen LogP contribution in [0.25, 0.3) is 0 Å². The first-order chi connectivity index (χ1) is 7.65. The number of rotatable bonds is 4. The van der Waals surface area contributed by atoms with E-state index in [4.69, 9.17) is 5.11 Å². The van der Waals surface area contributed by atoms with Crippen LogP contribution in [0.15, 0.2) is 29.2 Å². The molecule has 2 unspecified atom stereocenters. The molecule has 1 heterocycles. The number of carboxylic acid groups (broad SMARTS) is 1. The average molecular weight is 236 g/mol. The summed E-state index contributed by atoms with van der Waals surface area (Å²) in [5, 5.41) is 9.29. The molecule has 1 aromatic carbocycles. The Hall–Kier alpha value is -0.960. The Balaban J connectivity index is 1.89. The van der Waals surface area contributed by atoms with Gasteiger partial charge in [0.1, 0.15) is 0 Å². The molecule has 0 spiro atoms. The van der Waals surface area contributed by atoms with Crippen LogP contribution in [0.3, 0.4) is 0 Å². The molecule has 0 bridgehead atoms. The minimum absolute atomic E-state index is 0.268. The number of hydrogen-bond donors (Lipinski definition) is 1. The van der Waals surface area contributed by atoms with Crippen LogP contribution in [-0.4, -0.2) is 16.3 Å². The zero-order valence-electron chi connectivity index (χ0n) is 9.35. The van der Waals surface area contributed by atoms with E-state index < -0.39 is 5.97 Å². The van der Waals surface area contributed by atoms with Crippen molar-refractivity contribution in [2.75, 3.05) is 0 Å². The van der Waals surface area contributed by atoms with E-state index in [9.17, 15) is 4.79 Å². The number of fused-ring (bicyclic) bond motifs is 1. The molecule has 0 amide bonds. The minimum atomic E-state index is -0.687. The predicted octanol–water partition coefficient (Wildman–Crippen LogP) is 3.20. The molecule has 16 heavy (non-hydrogen) atoms. The SMILES string of the molecule is CC(CC(=O)O)CC1Cc2ccccc2S1. The van der Waals surface area contributed by atoms with Gasteiger partial charge in [-0.05, 0) is 30.4 Å². The fraction of sp³-hybridized carbons (Fsp3) is 0.462. The van der Waals surface area contributed by atoms with Gasteiger partial charge < -0.3 is 5.11 Å². The summed E-state index contributed by atoms with van der Waals surface area (Å²) in [6, 6.07) is 8.46. The molecule has 0 saturated heterocycles. The van der Waals surface area contributed by atoms with Gasteiger partial charge in [-0.25, -0.2) is 0 Å². The van der Waals surface area contributed by atoms with E-state index in [1.165, 1.54) is 10.5 Å². The molecule has 86 valence electrons. The first-order valence-electron chi connectivity index (χ1n) is 5.61. The summed E-state index contributed by atoms with van der Waals surface area (Å²) in [5.41, 5.74) is 1.42. The molecule has 3 heteroatoms. The van der Waals surface area contributed by atoms with E-state index in [1.54, 1.807) is 0 Å². The van der Waals surface area contributed by atoms with Gasteiger partial charge in [-0.1, -0.05) is 25.1 Å². The van der Waals surface area contributed by atoms with Gasteiger partial charge >= 0.3 is 5.97 Å². The van der Waals surface area contributed by atoms with Crippen LogP contribution in [0.2, 0.25) is 0 Å². The second-order valence-electron chi connectivity index (χ2n) is 4.49. The largest absolute Gasteiger partial charge is 0.481 e. The van der Waals surface area contributed by atoms with Gasteiger partial charge in [-0.2, -0.15) is 0 Å². The molecular formula is C13H16O2S. The standard InChI is InChI=1S/C13H16O2S/c1-9(7-13(14)15)6-11-8-10-4-2-3-5-12(10)16-11/h2-5,9,11H,6-8H2,1H3,(H,14,15). The highest BCUT2D eigenvalue weighted by Gasteiger charge is 2.23. The van der Waals surface area contributed by atoms with Gasteiger partial charge in [0.15, 0.2) is 0 Å². The van der Waals surface area contributed by atoms with Crippen molar-refractivity contribution in [2.24, 2.45) is 5.92 Å². The van der Waals surface area contributed by atoms with Crippen LogP contribution in [-0.2, 0) is 11.2 Å². The van der Waals surface area contributed by atoms with Gasteiger partial charge in [0.2, 0.25) is 0 Å². The smallest absolute Gasteiger partial charge is 0.303 e. The zero-order valence-corrected chi connectivity index (χ0v) is 10.2. The lowest BCUT2D eigenvalue weighted by Gasteiger charge is -2.13. The first-order valence-corrected chi connectivity index (χ1v) is 6.49. The maximum absolute atomic E-state index is 10.6. The Labute approximate surface area is 100 Å². The molecule has 2 rings (SSSR count). The number of thioether (sulfide) groups is 1. The summed E-state index contributed by atoms with van der Waals surface area (Å²) in [4.78, 5) is 12.0. The average Bonchev–Trinajstić information content (AvgIpc) is 2.57. The summed E-state index contributed by atoms with van der Waals surface area (Å²) in [6.45, 7) is 2.03. The molecular weight excluding hydrogens is 220 g/mol. The second-order valence-corrected chi connectivity index (χ2v) is 5.83. The van der Waals surface area contributed by atoms with Crippen LogP contribution < -0.4 is 0 Å². The molecule has 0 radical (unpaired) electrons. The van der Waals surface area contributed by atoms with E-state index in [0.717, 1.165) is 12.8 Å². The van der Waals surface area contributed by atoms with Crippen LogP contribution in [0.5, 0.6) is 0 Å². The summed E-state index contributed by atoms with van der Waals surface area (Å²) in [5.74, 6) is -0.419. The first kappa shape index (κ1) is 11.5. The molecule has 2 atom stereocenters. The van der Waals surface area contributed by atoms with Crippen molar-refractivity contribution in [2.45, 2.75) is 36.3 Å². The fourth-order valence-electron chi connectivity index (χ4n) is 2.22. The molecule has 1 aliphatic rings. The Bertz CT molecular complexity index is 364. The minimum Gasteiger partial charge on any atom is -0.481 e. The monoisotopic (exact) mass is 236 g/mol. The van der Waals surface area contributed by atoms with Gasteiger partial charge in [0.25, 0.3) is 0 Å². The van der Waals surface area contributed by atoms with E-state index >= 15 is 0 Å². The fourth-order valence-corrected chi connectivity index (χ4v) is 3.72. The van der Waals surface area contributed by atoms with Gasteiger partial charge in [0.05, 0.1) is 0 Å². The van der Waals surface area contributed by atoms with Crippen molar-refractivity contribution in [1.29, 1.82) is 0 Å². The van der Waals surface area contributed by atoms with Crippen molar-refractivity contribution < 1.29 is 9.90 Å². The van der Waals surface area contributed by atoms with E-state index in [2.05, 4.69) is 24.3 Å². The predicted molar refractivity (Wildman–Crippen MR) is 65.8 cm³/mol. The molecule has 0 fully saturated rings. The normalized spacial score (nSPS) is 20.4. The second kappa shape index (κ2) is 4.91. The van der Waals surface area contributed by atoms with Crippen LogP contribution >= 0.6 is 11.8 Å². The molecule has 1 N–H and O–H groups in total. The molecule has 1 aliphatic heterocycles. The Kier molecular flexibility index (Phi) is 3.54. The maximum atomic E-state index is 10.6.